The maximum absolute atomic E-state index is 12.0. The van der Waals surface area contributed by atoms with E-state index in [9.17, 15) is 9.59 Å². The smallest absolute Gasteiger partial charge is 0.360 e. The fourth-order valence-corrected chi connectivity index (χ4v) is 2.60. The average Bonchev–Trinajstić information content (AvgIpc) is 2.55. The molecule has 24 heavy (non-hydrogen) atoms. The lowest BCUT2D eigenvalue weighted by Gasteiger charge is -2.03. The maximum Gasteiger partial charge on any atom is 0.360 e. The Morgan fingerprint density at radius 3 is 2.67 bits per heavy atom. The average molecular weight is 360 g/mol. The highest BCUT2D eigenvalue weighted by atomic mass is 35.5. The van der Waals surface area contributed by atoms with Crippen molar-refractivity contribution in [3.8, 4) is 0 Å². The maximum atomic E-state index is 12.0. The number of anilines is 1. The van der Waals surface area contributed by atoms with Crippen LogP contribution in [0.15, 0.2) is 63.8 Å². The SMILES string of the molecule is O=C(/C=C/c1ccc(Cl)cc1Cl)Nc1cc2ccccc2oc1=O. The number of carbonyl (C=O) groups excluding carboxylic acids is 1. The van der Waals surface area contributed by atoms with E-state index in [2.05, 4.69) is 5.32 Å². The first-order valence-electron chi connectivity index (χ1n) is 7.00. The third-order valence-electron chi connectivity index (χ3n) is 3.28. The largest absolute Gasteiger partial charge is 0.421 e. The Morgan fingerprint density at radius 1 is 1.08 bits per heavy atom. The Labute approximate surface area is 147 Å². The molecule has 1 heterocycles. The molecule has 0 aliphatic carbocycles. The zero-order valence-electron chi connectivity index (χ0n) is 12.3. The summed E-state index contributed by atoms with van der Waals surface area (Å²) >= 11 is 11.9. The highest BCUT2D eigenvalue weighted by Gasteiger charge is 2.07. The van der Waals surface area contributed by atoms with Gasteiger partial charge in [0.25, 0.3) is 0 Å². The zero-order valence-corrected chi connectivity index (χ0v) is 13.8. The molecule has 0 saturated carbocycles. The fourth-order valence-electron chi connectivity index (χ4n) is 2.13. The molecule has 0 fully saturated rings. The highest BCUT2D eigenvalue weighted by Crippen LogP contribution is 2.22. The van der Waals surface area contributed by atoms with E-state index in [0.29, 0.717) is 21.2 Å². The fraction of sp³-hybridized carbons (Fsp3) is 0. The predicted octanol–water partition coefficient (Wildman–Crippen LogP) is 4.75. The number of fused-ring (bicyclic) bond motifs is 1. The standard InChI is InChI=1S/C18H11Cl2NO3/c19-13-7-5-11(14(20)10-13)6-8-17(22)21-15-9-12-3-1-2-4-16(12)24-18(15)23/h1-10H,(H,21,22)/b8-6+. The first kappa shape index (κ1) is 16.3. The van der Waals surface area contributed by atoms with Crippen molar-refractivity contribution in [2.75, 3.05) is 5.32 Å². The minimum absolute atomic E-state index is 0.0746. The van der Waals surface area contributed by atoms with Crippen molar-refractivity contribution >= 4 is 51.8 Å². The molecule has 0 bridgehead atoms. The van der Waals surface area contributed by atoms with Crippen LogP contribution in [0.2, 0.25) is 10.0 Å². The van der Waals surface area contributed by atoms with Gasteiger partial charge in [0.2, 0.25) is 5.91 Å². The second-order valence-corrected chi connectivity index (χ2v) is 5.82. The Bertz CT molecular complexity index is 1010. The van der Waals surface area contributed by atoms with Gasteiger partial charge in [-0.3, -0.25) is 4.79 Å². The van der Waals surface area contributed by atoms with E-state index in [1.807, 2.05) is 6.07 Å². The van der Waals surface area contributed by atoms with Crippen LogP contribution in [0.4, 0.5) is 5.69 Å². The zero-order chi connectivity index (χ0) is 17.1. The lowest BCUT2D eigenvalue weighted by molar-refractivity contribution is -0.111. The molecule has 0 atom stereocenters. The van der Waals surface area contributed by atoms with Crippen LogP contribution in [0.25, 0.3) is 17.0 Å². The van der Waals surface area contributed by atoms with Crippen molar-refractivity contribution in [3.05, 3.63) is 80.6 Å². The second kappa shape index (κ2) is 6.91. The molecule has 1 amide bonds. The lowest BCUT2D eigenvalue weighted by atomic mass is 10.2. The summed E-state index contributed by atoms with van der Waals surface area (Å²) in [6.45, 7) is 0. The van der Waals surface area contributed by atoms with Gasteiger partial charge in [0, 0.05) is 21.5 Å². The molecule has 0 spiro atoms. The number of rotatable bonds is 3. The normalized spacial score (nSPS) is 11.1. The van der Waals surface area contributed by atoms with Crippen molar-refractivity contribution in [2.45, 2.75) is 0 Å². The van der Waals surface area contributed by atoms with Gasteiger partial charge in [-0.25, -0.2) is 4.79 Å². The first-order chi connectivity index (χ1) is 11.5. The van der Waals surface area contributed by atoms with E-state index >= 15 is 0 Å². The van der Waals surface area contributed by atoms with Crippen molar-refractivity contribution in [1.82, 2.24) is 0 Å². The van der Waals surface area contributed by atoms with Gasteiger partial charge >= 0.3 is 5.63 Å². The molecule has 1 aromatic heterocycles. The molecule has 120 valence electrons. The molecule has 0 aliphatic rings. The lowest BCUT2D eigenvalue weighted by Crippen LogP contribution is -2.15. The van der Waals surface area contributed by atoms with Gasteiger partial charge in [-0.05, 0) is 35.9 Å². The number of benzene rings is 2. The van der Waals surface area contributed by atoms with E-state index < -0.39 is 11.5 Å². The number of hydrogen-bond acceptors (Lipinski definition) is 3. The molecular weight excluding hydrogens is 349 g/mol. The quantitative estimate of drug-likeness (QED) is 0.542. The highest BCUT2D eigenvalue weighted by molar-refractivity contribution is 6.35. The molecule has 3 rings (SSSR count). The van der Waals surface area contributed by atoms with E-state index in [0.717, 1.165) is 5.39 Å². The van der Waals surface area contributed by atoms with Crippen LogP contribution >= 0.6 is 23.2 Å². The Balaban J connectivity index is 1.81. The molecule has 0 unspecified atom stereocenters. The van der Waals surface area contributed by atoms with Gasteiger partial charge < -0.3 is 9.73 Å². The summed E-state index contributed by atoms with van der Waals surface area (Å²) in [5, 5.41) is 4.16. The summed E-state index contributed by atoms with van der Waals surface area (Å²) < 4.78 is 5.16. The third-order valence-corrected chi connectivity index (χ3v) is 3.84. The van der Waals surface area contributed by atoms with Gasteiger partial charge in [0.05, 0.1) is 0 Å². The number of para-hydroxylation sites is 1. The van der Waals surface area contributed by atoms with E-state index in [1.165, 1.54) is 12.2 Å². The molecule has 0 radical (unpaired) electrons. The Kier molecular flexibility index (Phi) is 4.69. The summed E-state index contributed by atoms with van der Waals surface area (Å²) in [6.07, 6.45) is 2.82. The monoisotopic (exact) mass is 359 g/mol. The van der Waals surface area contributed by atoms with E-state index in [1.54, 1.807) is 42.5 Å². The molecule has 3 aromatic rings. The molecule has 4 nitrogen and oxygen atoms in total. The third kappa shape index (κ3) is 3.67. The van der Waals surface area contributed by atoms with Crippen molar-refractivity contribution in [3.63, 3.8) is 0 Å². The first-order valence-corrected chi connectivity index (χ1v) is 7.75. The van der Waals surface area contributed by atoms with Gasteiger partial charge in [-0.1, -0.05) is 47.5 Å². The number of hydrogen-bond donors (Lipinski definition) is 1. The topological polar surface area (TPSA) is 59.3 Å². The minimum atomic E-state index is -0.611. The summed E-state index contributed by atoms with van der Waals surface area (Å²) in [6, 6.07) is 13.6. The summed E-state index contributed by atoms with van der Waals surface area (Å²) in [4.78, 5) is 23.9. The minimum Gasteiger partial charge on any atom is -0.421 e. The number of halogens is 2. The molecular formula is C18H11Cl2NO3. The van der Waals surface area contributed by atoms with Crippen LogP contribution in [-0.2, 0) is 4.79 Å². The number of carbonyl (C=O) groups is 1. The van der Waals surface area contributed by atoms with Gasteiger partial charge in [0.15, 0.2) is 0 Å². The van der Waals surface area contributed by atoms with Crippen LogP contribution in [-0.4, -0.2) is 5.91 Å². The van der Waals surface area contributed by atoms with Gasteiger partial charge in [0.1, 0.15) is 11.3 Å². The van der Waals surface area contributed by atoms with E-state index in [4.69, 9.17) is 27.6 Å². The Hall–Kier alpha value is -2.56. The predicted molar refractivity (Wildman–Crippen MR) is 96.6 cm³/mol. The summed E-state index contributed by atoms with van der Waals surface area (Å²) in [5.41, 5.74) is 0.566. The van der Waals surface area contributed by atoms with Crippen LogP contribution in [0.5, 0.6) is 0 Å². The van der Waals surface area contributed by atoms with Crippen LogP contribution in [0.3, 0.4) is 0 Å². The molecule has 0 aliphatic heterocycles. The molecule has 6 heteroatoms. The number of nitrogens with one attached hydrogen (secondary N) is 1. The number of amides is 1. The molecule has 2 aromatic carbocycles. The van der Waals surface area contributed by atoms with Crippen LogP contribution in [0.1, 0.15) is 5.56 Å². The Morgan fingerprint density at radius 2 is 1.88 bits per heavy atom. The van der Waals surface area contributed by atoms with Crippen molar-refractivity contribution < 1.29 is 9.21 Å². The van der Waals surface area contributed by atoms with Crippen LogP contribution in [0, 0.1) is 0 Å². The molecule has 0 saturated heterocycles. The van der Waals surface area contributed by atoms with E-state index in [-0.39, 0.29) is 5.69 Å². The van der Waals surface area contributed by atoms with Crippen LogP contribution < -0.4 is 10.9 Å². The summed E-state index contributed by atoms with van der Waals surface area (Å²) in [7, 11) is 0. The van der Waals surface area contributed by atoms with Gasteiger partial charge in [-0.15, -0.1) is 0 Å². The second-order valence-electron chi connectivity index (χ2n) is 4.97. The van der Waals surface area contributed by atoms with Crippen molar-refractivity contribution in [2.24, 2.45) is 0 Å². The summed E-state index contributed by atoms with van der Waals surface area (Å²) in [5.74, 6) is -0.469. The van der Waals surface area contributed by atoms with Gasteiger partial charge in [-0.2, -0.15) is 0 Å². The van der Waals surface area contributed by atoms with Crippen molar-refractivity contribution in [1.29, 1.82) is 0 Å². The molecule has 1 N–H and O–H groups in total.